The van der Waals surface area contributed by atoms with Crippen LogP contribution in [0.1, 0.15) is 64.4 Å². The standard InChI is InChI=1S/C26H28FN5O4S/c1-2-36-19-13-11-18(12-14-19)32(26(35)23-20(28)21(24(29)33)31-37-23)22(15-7-9-16(27)10-8-15)25(34)30-17-5-3-4-6-17/h7-14,17,22H,2-6,28H2,1H3,(H2,29,33)(H,30,34). The Labute approximate surface area is 217 Å². The molecule has 194 valence electrons. The summed E-state index contributed by atoms with van der Waals surface area (Å²) in [6, 6.07) is 10.9. The van der Waals surface area contributed by atoms with E-state index in [4.69, 9.17) is 16.2 Å². The van der Waals surface area contributed by atoms with E-state index >= 15 is 0 Å². The van der Waals surface area contributed by atoms with Crippen molar-refractivity contribution in [1.82, 2.24) is 9.69 Å². The van der Waals surface area contributed by atoms with Gasteiger partial charge in [0.1, 0.15) is 22.5 Å². The number of hydrogen-bond donors (Lipinski definition) is 3. The molecule has 1 atom stereocenters. The Hall–Kier alpha value is -3.99. The Morgan fingerprint density at radius 1 is 1.14 bits per heavy atom. The van der Waals surface area contributed by atoms with Crippen LogP contribution in [-0.4, -0.2) is 34.7 Å². The summed E-state index contributed by atoms with van der Waals surface area (Å²) in [7, 11) is 0. The molecule has 1 aliphatic rings. The highest BCUT2D eigenvalue weighted by Gasteiger charge is 2.37. The fourth-order valence-electron chi connectivity index (χ4n) is 4.40. The molecule has 4 rings (SSSR count). The molecule has 9 nitrogen and oxygen atoms in total. The largest absolute Gasteiger partial charge is 0.494 e. The van der Waals surface area contributed by atoms with E-state index in [1.54, 1.807) is 24.3 Å². The zero-order valence-electron chi connectivity index (χ0n) is 20.3. The Morgan fingerprint density at radius 2 is 1.78 bits per heavy atom. The molecule has 1 heterocycles. The maximum Gasteiger partial charge on any atom is 0.273 e. The fourth-order valence-corrected chi connectivity index (χ4v) is 5.15. The first-order valence-corrected chi connectivity index (χ1v) is 12.7. The summed E-state index contributed by atoms with van der Waals surface area (Å²) in [5.74, 6) is -1.83. The monoisotopic (exact) mass is 525 g/mol. The quantitative estimate of drug-likeness (QED) is 0.388. The minimum atomic E-state index is -1.16. The van der Waals surface area contributed by atoms with Gasteiger partial charge in [0.15, 0.2) is 5.69 Å². The Bertz CT molecular complexity index is 1270. The van der Waals surface area contributed by atoms with E-state index in [0.29, 0.717) is 23.6 Å². The third kappa shape index (κ3) is 5.72. The number of halogens is 1. The molecule has 1 aromatic heterocycles. The molecular formula is C26H28FN5O4S. The normalized spacial score (nSPS) is 14.2. The van der Waals surface area contributed by atoms with Crippen LogP contribution in [0.15, 0.2) is 48.5 Å². The average Bonchev–Trinajstić information content (AvgIpc) is 3.53. The number of primary amides is 1. The molecule has 1 unspecified atom stereocenters. The lowest BCUT2D eigenvalue weighted by Crippen LogP contribution is -2.46. The number of ether oxygens (including phenoxy) is 1. The highest BCUT2D eigenvalue weighted by molar-refractivity contribution is 7.09. The van der Waals surface area contributed by atoms with Crippen molar-refractivity contribution in [3.63, 3.8) is 0 Å². The second kappa shape index (κ2) is 11.4. The minimum absolute atomic E-state index is 0.0253. The van der Waals surface area contributed by atoms with Crippen molar-refractivity contribution in [2.45, 2.75) is 44.7 Å². The molecule has 1 aliphatic carbocycles. The minimum Gasteiger partial charge on any atom is -0.494 e. The molecule has 37 heavy (non-hydrogen) atoms. The van der Waals surface area contributed by atoms with Crippen molar-refractivity contribution in [3.05, 3.63) is 70.5 Å². The summed E-state index contributed by atoms with van der Waals surface area (Å²) < 4.78 is 23.3. The van der Waals surface area contributed by atoms with E-state index in [2.05, 4.69) is 9.69 Å². The Kier molecular flexibility index (Phi) is 8.02. The van der Waals surface area contributed by atoms with Crippen LogP contribution in [-0.2, 0) is 4.79 Å². The molecule has 1 saturated carbocycles. The number of carbonyl (C=O) groups excluding carboxylic acids is 3. The van der Waals surface area contributed by atoms with Gasteiger partial charge in [-0.3, -0.25) is 19.3 Å². The van der Waals surface area contributed by atoms with E-state index in [0.717, 1.165) is 37.2 Å². The molecule has 0 saturated heterocycles. The summed E-state index contributed by atoms with van der Waals surface area (Å²) in [5, 5.41) is 3.05. The van der Waals surface area contributed by atoms with E-state index < -0.39 is 29.6 Å². The lowest BCUT2D eigenvalue weighted by atomic mass is 10.0. The van der Waals surface area contributed by atoms with Crippen LogP contribution in [0.4, 0.5) is 15.8 Å². The van der Waals surface area contributed by atoms with E-state index in [1.165, 1.54) is 29.2 Å². The SMILES string of the molecule is CCOc1ccc(N(C(=O)c2snc(C(N)=O)c2N)C(C(=O)NC2CCCC2)c2ccc(F)cc2)cc1. The third-order valence-electron chi connectivity index (χ3n) is 6.19. The van der Waals surface area contributed by atoms with Crippen LogP contribution in [0, 0.1) is 5.82 Å². The van der Waals surface area contributed by atoms with E-state index in [1.807, 2.05) is 6.92 Å². The molecular weight excluding hydrogens is 497 g/mol. The molecule has 3 aromatic rings. The first-order chi connectivity index (χ1) is 17.8. The maximum atomic E-state index is 14.0. The average molecular weight is 526 g/mol. The number of carbonyl (C=O) groups is 3. The molecule has 2 aromatic carbocycles. The van der Waals surface area contributed by atoms with Gasteiger partial charge in [0.25, 0.3) is 11.8 Å². The predicted octanol–water partition coefficient (Wildman–Crippen LogP) is 3.81. The molecule has 0 spiro atoms. The third-order valence-corrected chi connectivity index (χ3v) is 7.05. The molecule has 0 aliphatic heterocycles. The van der Waals surface area contributed by atoms with Crippen molar-refractivity contribution in [2.75, 3.05) is 17.2 Å². The molecule has 0 radical (unpaired) electrons. The molecule has 0 bridgehead atoms. The number of rotatable bonds is 9. The van der Waals surface area contributed by atoms with Crippen LogP contribution >= 0.6 is 11.5 Å². The lowest BCUT2D eigenvalue weighted by Gasteiger charge is -2.32. The van der Waals surface area contributed by atoms with Crippen molar-refractivity contribution < 1.29 is 23.5 Å². The number of amides is 3. The number of anilines is 2. The highest BCUT2D eigenvalue weighted by atomic mass is 32.1. The van der Waals surface area contributed by atoms with Gasteiger partial charge in [-0.15, -0.1) is 0 Å². The Balaban J connectivity index is 1.83. The fraction of sp³-hybridized carbons (Fsp3) is 0.308. The van der Waals surface area contributed by atoms with Gasteiger partial charge < -0.3 is 21.5 Å². The molecule has 5 N–H and O–H groups in total. The van der Waals surface area contributed by atoms with E-state index in [-0.39, 0.29) is 22.3 Å². The summed E-state index contributed by atoms with van der Waals surface area (Å²) in [6.07, 6.45) is 3.67. The van der Waals surface area contributed by atoms with Crippen LogP contribution in [0.25, 0.3) is 0 Å². The number of nitrogen functional groups attached to an aromatic ring is 1. The predicted molar refractivity (Wildman–Crippen MR) is 139 cm³/mol. The highest BCUT2D eigenvalue weighted by Crippen LogP contribution is 2.34. The van der Waals surface area contributed by atoms with Crippen molar-refractivity contribution in [1.29, 1.82) is 0 Å². The number of benzene rings is 2. The van der Waals surface area contributed by atoms with Crippen molar-refractivity contribution in [3.8, 4) is 5.75 Å². The van der Waals surface area contributed by atoms with Gasteiger partial charge in [0.05, 0.1) is 12.3 Å². The van der Waals surface area contributed by atoms with Gasteiger partial charge in [0, 0.05) is 11.7 Å². The first-order valence-electron chi connectivity index (χ1n) is 12.0. The molecule has 1 fully saturated rings. The number of nitrogens with zero attached hydrogens (tertiary/aromatic N) is 2. The van der Waals surface area contributed by atoms with Gasteiger partial charge in [0.2, 0.25) is 5.91 Å². The second-order valence-corrected chi connectivity index (χ2v) is 9.46. The summed E-state index contributed by atoms with van der Waals surface area (Å²) >= 11 is 0.723. The summed E-state index contributed by atoms with van der Waals surface area (Å²) in [5.41, 5.74) is 11.8. The van der Waals surface area contributed by atoms with Crippen LogP contribution in [0.3, 0.4) is 0 Å². The smallest absolute Gasteiger partial charge is 0.273 e. The van der Waals surface area contributed by atoms with Crippen LogP contribution in [0.2, 0.25) is 0 Å². The van der Waals surface area contributed by atoms with Crippen LogP contribution in [0.5, 0.6) is 5.75 Å². The number of nitrogens with two attached hydrogens (primary N) is 2. The van der Waals surface area contributed by atoms with Gasteiger partial charge in [-0.25, -0.2) is 4.39 Å². The molecule has 11 heteroatoms. The zero-order valence-corrected chi connectivity index (χ0v) is 21.1. The van der Waals surface area contributed by atoms with Gasteiger partial charge in [-0.1, -0.05) is 25.0 Å². The van der Waals surface area contributed by atoms with E-state index in [9.17, 15) is 18.8 Å². The van der Waals surface area contributed by atoms with Crippen molar-refractivity contribution >= 4 is 40.6 Å². The Morgan fingerprint density at radius 3 is 2.35 bits per heavy atom. The first kappa shape index (κ1) is 26.1. The number of hydrogen-bond acceptors (Lipinski definition) is 7. The van der Waals surface area contributed by atoms with Gasteiger partial charge >= 0.3 is 0 Å². The summed E-state index contributed by atoms with van der Waals surface area (Å²) in [4.78, 5) is 40.8. The topological polar surface area (TPSA) is 141 Å². The molecule has 3 amide bonds. The zero-order chi connectivity index (χ0) is 26.5. The van der Waals surface area contributed by atoms with Gasteiger partial charge in [-0.05, 0) is 73.3 Å². The van der Waals surface area contributed by atoms with Crippen molar-refractivity contribution in [2.24, 2.45) is 5.73 Å². The maximum absolute atomic E-state index is 14.0. The number of aromatic nitrogens is 1. The summed E-state index contributed by atoms with van der Waals surface area (Å²) in [6.45, 7) is 2.31. The van der Waals surface area contributed by atoms with Gasteiger partial charge in [-0.2, -0.15) is 4.37 Å². The van der Waals surface area contributed by atoms with Crippen LogP contribution < -0.4 is 26.4 Å². The second-order valence-electron chi connectivity index (χ2n) is 8.68. The number of nitrogens with one attached hydrogen (secondary N) is 1. The lowest BCUT2D eigenvalue weighted by molar-refractivity contribution is -0.123.